The van der Waals surface area contributed by atoms with Crippen molar-refractivity contribution in [2.45, 2.75) is 5.75 Å². The number of pyridine rings is 1. The van der Waals surface area contributed by atoms with E-state index >= 15 is 0 Å². The highest BCUT2D eigenvalue weighted by atomic mass is 32.2. The molecule has 7 heteroatoms. The number of hydrogen-bond acceptors (Lipinski definition) is 4. The topological polar surface area (TPSA) is 87.6 Å². The number of rotatable bonds is 5. The van der Waals surface area contributed by atoms with Gasteiger partial charge in [0, 0.05) is 13.2 Å². The summed E-state index contributed by atoms with van der Waals surface area (Å²) in [4.78, 5) is 14.9. The molecular formula is C14H14N2O4S. The Bertz CT molecular complexity index is 745. The van der Waals surface area contributed by atoms with E-state index in [0.29, 0.717) is 11.4 Å². The first-order valence-corrected chi connectivity index (χ1v) is 7.71. The monoisotopic (exact) mass is 306 g/mol. The molecule has 0 radical (unpaired) electrons. The van der Waals surface area contributed by atoms with Crippen molar-refractivity contribution < 1.29 is 18.3 Å². The summed E-state index contributed by atoms with van der Waals surface area (Å²) in [7, 11) is -2.22. The van der Waals surface area contributed by atoms with Gasteiger partial charge in [-0.3, -0.25) is 4.31 Å². The van der Waals surface area contributed by atoms with E-state index in [9.17, 15) is 13.2 Å². The number of carbonyl (C=O) groups is 1. The van der Waals surface area contributed by atoms with E-state index in [1.807, 2.05) is 0 Å². The largest absolute Gasteiger partial charge is 0.478 e. The van der Waals surface area contributed by atoms with Crippen LogP contribution in [-0.4, -0.2) is 31.5 Å². The number of nitrogens with zero attached hydrogens (tertiary/aromatic N) is 2. The quantitative estimate of drug-likeness (QED) is 0.909. The van der Waals surface area contributed by atoms with Crippen LogP contribution in [0.2, 0.25) is 0 Å². The molecule has 6 nitrogen and oxygen atoms in total. The van der Waals surface area contributed by atoms with Crippen molar-refractivity contribution in [3.8, 4) is 0 Å². The zero-order chi connectivity index (χ0) is 15.5. The van der Waals surface area contributed by atoms with E-state index in [4.69, 9.17) is 5.11 Å². The van der Waals surface area contributed by atoms with Gasteiger partial charge in [-0.2, -0.15) is 0 Å². The Morgan fingerprint density at radius 2 is 2.00 bits per heavy atom. The van der Waals surface area contributed by atoms with Crippen LogP contribution in [0.5, 0.6) is 0 Å². The van der Waals surface area contributed by atoms with Crippen LogP contribution in [0, 0.1) is 0 Å². The lowest BCUT2D eigenvalue weighted by molar-refractivity contribution is 0.0696. The first kappa shape index (κ1) is 15.0. The van der Waals surface area contributed by atoms with Crippen LogP contribution in [0.1, 0.15) is 15.9 Å². The third-order valence-electron chi connectivity index (χ3n) is 2.91. The Morgan fingerprint density at radius 3 is 2.62 bits per heavy atom. The van der Waals surface area contributed by atoms with Crippen LogP contribution in [0.15, 0.2) is 48.7 Å². The van der Waals surface area contributed by atoms with Gasteiger partial charge in [-0.15, -0.1) is 0 Å². The van der Waals surface area contributed by atoms with E-state index < -0.39 is 16.0 Å². The van der Waals surface area contributed by atoms with Gasteiger partial charge in [0.25, 0.3) is 0 Å². The fourth-order valence-corrected chi connectivity index (χ4v) is 2.97. The Kier molecular flexibility index (Phi) is 4.23. The van der Waals surface area contributed by atoms with Crippen LogP contribution in [0.25, 0.3) is 0 Å². The van der Waals surface area contributed by atoms with Gasteiger partial charge in [-0.25, -0.2) is 18.2 Å². The number of anilines is 1. The molecule has 0 spiro atoms. The maximum atomic E-state index is 12.3. The molecule has 2 aromatic rings. The van der Waals surface area contributed by atoms with Gasteiger partial charge in [0.2, 0.25) is 10.0 Å². The van der Waals surface area contributed by atoms with Gasteiger partial charge in [0.05, 0.1) is 11.3 Å². The zero-order valence-electron chi connectivity index (χ0n) is 11.3. The van der Waals surface area contributed by atoms with Crippen LogP contribution in [-0.2, 0) is 15.8 Å². The van der Waals surface area contributed by atoms with E-state index in [1.54, 1.807) is 24.3 Å². The second-order valence-corrected chi connectivity index (χ2v) is 6.42. The number of carboxylic acid groups (broad SMARTS) is 1. The van der Waals surface area contributed by atoms with E-state index in [1.165, 1.54) is 31.4 Å². The minimum atomic E-state index is -3.63. The third-order valence-corrected chi connectivity index (χ3v) is 4.63. The lowest BCUT2D eigenvalue weighted by Crippen LogP contribution is -2.28. The minimum absolute atomic E-state index is 0.0585. The number of sulfonamides is 1. The van der Waals surface area contributed by atoms with Crippen LogP contribution in [0.4, 0.5) is 5.82 Å². The van der Waals surface area contributed by atoms with E-state index in [2.05, 4.69) is 4.98 Å². The number of hydrogen-bond donors (Lipinski definition) is 1. The molecule has 2 rings (SSSR count). The van der Waals surface area contributed by atoms with Crippen molar-refractivity contribution in [2.24, 2.45) is 0 Å². The van der Waals surface area contributed by atoms with Gasteiger partial charge in [-0.05, 0) is 29.8 Å². The summed E-state index contributed by atoms with van der Waals surface area (Å²) in [5.74, 6) is -1.07. The lowest BCUT2D eigenvalue weighted by atomic mass is 10.1. The molecular weight excluding hydrogens is 292 g/mol. The predicted octanol–water partition coefficient (Wildman–Crippen LogP) is 1.75. The average molecular weight is 306 g/mol. The summed E-state index contributed by atoms with van der Waals surface area (Å²) >= 11 is 0. The fourth-order valence-electron chi connectivity index (χ4n) is 1.78. The third kappa shape index (κ3) is 3.57. The van der Waals surface area contributed by atoms with E-state index in [0.717, 1.165) is 4.31 Å². The van der Waals surface area contributed by atoms with Gasteiger partial charge in [-0.1, -0.05) is 18.2 Å². The number of carboxylic acids is 1. The van der Waals surface area contributed by atoms with Crippen molar-refractivity contribution in [2.75, 3.05) is 11.4 Å². The molecule has 1 aromatic heterocycles. The number of aromatic nitrogens is 1. The number of benzene rings is 1. The first-order chi connectivity index (χ1) is 9.90. The van der Waals surface area contributed by atoms with Crippen molar-refractivity contribution in [1.82, 2.24) is 4.98 Å². The molecule has 0 aliphatic carbocycles. The second kappa shape index (κ2) is 5.92. The fraction of sp³-hybridized carbons (Fsp3) is 0.143. The van der Waals surface area contributed by atoms with E-state index in [-0.39, 0.29) is 11.3 Å². The summed E-state index contributed by atoms with van der Waals surface area (Å²) in [6.45, 7) is 0. The highest BCUT2D eigenvalue weighted by Gasteiger charge is 2.20. The molecule has 110 valence electrons. The molecule has 0 aliphatic heterocycles. The molecule has 0 unspecified atom stereocenters. The molecule has 0 bridgehead atoms. The maximum absolute atomic E-state index is 12.3. The molecule has 0 amide bonds. The highest BCUT2D eigenvalue weighted by molar-refractivity contribution is 7.92. The molecule has 0 aliphatic rings. The molecule has 0 atom stereocenters. The Balaban J connectivity index is 2.25. The van der Waals surface area contributed by atoms with Gasteiger partial charge in [0.15, 0.2) is 0 Å². The molecule has 21 heavy (non-hydrogen) atoms. The molecule has 0 saturated heterocycles. The Hall–Kier alpha value is -2.41. The molecule has 0 saturated carbocycles. The Morgan fingerprint density at radius 1 is 1.24 bits per heavy atom. The van der Waals surface area contributed by atoms with Crippen LogP contribution < -0.4 is 4.31 Å². The first-order valence-electron chi connectivity index (χ1n) is 6.10. The van der Waals surface area contributed by atoms with Crippen molar-refractivity contribution in [1.29, 1.82) is 0 Å². The number of aromatic carboxylic acids is 1. The van der Waals surface area contributed by atoms with Crippen molar-refractivity contribution in [3.05, 3.63) is 59.8 Å². The SMILES string of the molecule is CN(c1ccccn1)S(=O)(=O)Cc1cccc(C(=O)O)c1. The summed E-state index contributed by atoms with van der Waals surface area (Å²) in [6, 6.07) is 10.9. The Labute approximate surface area is 122 Å². The summed E-state index contributed by atoms with van der Waals surface area (Å²) in [5.41, 5.74) is 0.473. The summed E-state index contributed by atoms with van der Waals surface area (Å²) in [6.07, 6.45) is 1.51. The van der Waals surface area contributed by atoms with Gasteiger partial charge >= 0.3 is 5.97 Å². The molecule has 1 N–H and O–H groups in total. The summed E-state index contributed by atoms with van der Waals surface area (Å²) < 4.78 is 25.7. The molecule has 1 aromatic carbocycles. The van der Waals surface area contributed by atoms with Crippen LogP contribution >= 0.6 is 0 Å². The second-order valence-electron chi connectivity index (χ2n) is 4.42. The smallest absolute Gasteiger partial charge is 0.335 e. The molecule has 1 heterocycles. The maximum Gasteiger partial charge on any atom is 0.335 e. The predicted molar refractivity (Wildman–Crippen MR) is 78.7 cm³/mol. The lowest BCUT2D eigenvalue weighted by Gasteiger charge is -2.18. The normalized spacial score (nSPS) is 11.1. The van der Waals surface area contributed by atoms with Gasteiger partial charge in [0.1, 0.15) is 5.82 Å². The van der Waals surface area contributed by atoms with Crippen molar-refractivity contribution >= 4 is 21.8 Å². The van der Waals surface area contributed by atoms with Crippen molar-refractivity contribution in [3.63, 3.8) is 0 Å². The highest BCUT2D eigenvalue weighted by Crippen LogP contribution is 2.17. The van der Waals surface area contributed by atoms with Crippen LogP contribution in [0.3, 0.4) is 0 Å². The average Bonchev–Trinajstić information content (AvgIpc) is 2.47. The standard InChI is InChI=1S/C14H14N2O4S/c1-16(13-7-2-3-8-15-13)21(19,20)10-11-5-4-6-12(9-11)14(17)18/h2-9H,10H2,1H3,(H,17,18). The van der Waals surface area contributed by atoms with Gasteiger partial charge < -0.3 is 5.11 Å². The minimum Gasteiger partial charge on any atom is -0.478 e. The zero-order valence-corrected chi connectivity index (χ0v) is 12.1. The molecule has 0 fully saturated rings. The summed E-state index contributed by atoms with van der Waals surface area (Å²) in [5, 5.41) is 8.92.